The van der Waals surface area contributed by atoms with Crippen LogP contribution in [-0.4, -0.2) is 0 Å². The van der Waals surface area contributed by atoms with Crippen molar-refractivity contribution in [2.24, 2.45) is 0 Å². The van der Waals surface area contributed by atoms with E-state index in [0.717, 1.165) is 39.0 Å². The van der Waals surface area contributed by atoms with Crippen LogP contribution in [-0.2, 0) is 0 Å². The van der Waals surface area contributed by atoms with Crippen molar-refractivity contribution in [3.63, 3.8) is 0 Å². The van der Waals surface area contributed by atoms with Gasteiger partial charge in [-0.3, -0.25) is 0 Å². The maximum atomic E-state index is 6.22. The minimum atomic E-state index is 0.893. The van der Waals surface area contributed by atoms with Crippen molar-refractivity contribution < 1.29 is 4.42 Å². The van der Waals surface area contributed by atoms with E-state index in [9.17, 15) is 0 Å². The second-order valence-corrected chi connectivity index (χ2v) is 13.6. The number of hydrogen-bond donors (Lipinski definition) is 0. The smallest absolute Gasteiger partial charge is 0.135 e. The zero-order valence-corrected chi connectivity index (χ0v) is 27.3. The summed E-state index contributed by atoms with van der Waals surface area (Å²) in [5.41, 5.74) is 9.95. The highest BCUT2D eigenvalue weighted by Gasteiger charge is 2.18. The molecular formula is C46H29NOS. The standard InChI is InChI=1S/C46H29NOS/c1-2-10-30(11-3-1)36-13-6-7-14-37(36)32-18-21-33(22-19-32)47(34-24-26-43-41(28-34)39-16-8-9-17-42(39)48-43)35-23-25-40-45(29-35)49-44-27-20-31-12-4-5-15-38(31)46(40)44/h1-29H. The van der Waals surface area contributed by atoms with Gasteiger partial charge in [-0.05, 0) is 87.6 Å². The molecule has 0 saturated heterocycles. The Hall–Kier alpha value is -6.16. The Labute approximate surface area is 287 Å². The summed E-state index contributed by atoms with van der Waals surface area (Å²) in [5.74, 6) is 0. The van der Waals surface area contributed by atoms with Crippen LogP contribution in [0.3, 0.4) is 0 Å². The van der Waals surface area contributed by atoms with Crippen molar-refractivity contribution in [3.8, 4) is 22.3 Å². The second kappa shape index (κ2) is 11.2. The van der Waals surface area contributed by atoms with Crippen molar-refractivity contribution in [1.29, 1.82) is 0 Å². The normalized spacial score (nSPS) is 11.7. The number of nitrogens with zero attached hydrogens (tertiary/aromatic N) is 1. The molecule has 2 aromatic heterocycles. The molecule has 0 bridgehead atoms. The lowest BCUT2D eigenvalue weighted by atomic mass is 9.94. The maximum Gasteiger partial charge on any atom is 0.135 e. The summed E-state index contributed by atoms with van der Waals surface area (Å²) in [7, 11) is 0. The molecule has 0 aliphatic carbocycles. The minimum absolute atomic E-state index is 0.893. The van der Waals surface area contributed by atoms with Gasteiger partial charge in [0, 0.05) is 48.0 Å². The molecule has 10 rings (SSSR count). The molecule has 2 nitrogen and oxygen atoms in total. The quantitative estimate of drug-likeness (QED) is 0.186. The lowest BCUT2D eigenvalue weighted by molar-refractivity contribution is 0.669. The first-order chi connectivity index (χ1) is 24.3. The molecule has 3 heteroatoms. The van der Waals surface area contributed by atoms with Gasteiger partial charge in [0.2, 0.25) is 0 Å². The third kappa shape index (κ3) is 4.62. The fraction of sp³-hybridized carbons (Fsp3) is 0. The minimum Gasteiger partial charge on any atom is -0.456 e. The predicted molar refractivity (Wildman–Crippen MR) is 210 cm³/mol. The van der Waals surface area contributed by atoms with Crippen LogP contribution in [0, 0.1) is 0 Å². The number of rotatable bonds is 5. The van der Waals surface area contributed by atoms with Crippen LogP contribution in [0.4, 0.5) is 17.1 Å². The molecule has 2 heterocycles. The number of hydrogen-bond acceptors (Lipinski definition) is 3. The first kappa shape index (κ1) is 27.9. The molecule has 0 amide bonds. The van der Waals surface area contributed by atoms with Crippen molar-refractivity contribution in [1.82, 2.24) is 0 Å². The molecule has 0 saturated carbocycles. The molecule has 0 aliphatic rings. The van der Waals surface area contributed by atoms with E-state index in [-0.39, 0.29) is 0 Å². The Morgan fingerprint density at radius 1 is 0.388 bits per heavy atom. The summed E-state index contributed by atoms with van der Waals surface area (Å²) in [6, 6.07) is 63.2. The molecule has 0 unspecified atom stereocenters. The van der Waals surface area contributed by atoms with Gasteiger partial charge in [0.15, 0.2) is 0 Å². The fourth-order valence-electron chi connectivity index (χ4n) is 7.37. The molecule has 0 N–H and O–H groups in total. The largest absolute Gasteiger partial charge is 0.456 e. The first-order valence-corrected chi connectivity index (χ1v) is 17.4. The van der Waals surface area contributed by atoms with E-state index in [1.807, 2.05) is 23.5 Å². The van der Waals surface area contributed by atoms with Crippen molar-refractivity contribution in [2.75, 3.05) is 4.90 Å². The number of thiophene rings is 1. The fourth-order valence-corrected chi connectivity index (χ4v) is 8.52. The van der Waals surface area contributed by atoms with Crippen molar-refractivity contribution in [3.05, 3.63) is 176 Å². The van der Waals surface area contributed by atoms with E-state index >= 15 is 0 Å². The molecule has 10 aromatic rings. The summed E-state index contributed by atoms with van der Waals surface area (Å²) in [4.78, 5) is 2.37. The summed E-state index contributed by atoms with van der Waals surface area (Å²) < 4.78 is 8.81. The van der Waals surface area contributed by atoms with Crippen LogP contribution < -0.4 is 4.90 Å². The van der Waals surface area contributed by atoms with E-state index in [0.29, 0.717) is 0 Å². The number of fused-ring (bicyclic) bond motifs is 8. The van der Waals surface area contributed by atoms with Gasteiger partial charge in [0.05, 0.1) is 0 Å². The third-order valence-electron chi connectivity index (χ3n) is 9.67. The van der Waals surface area contributed by atoms with E-state index in [1.54, 1.807) is 0 Å². The molecule has 8 aromatic carbocycles. The van der Waals surface area contributed by atoms with Crippen molar-refractivity contribution >= 4 is 81.3 Å². The van der Waals surface area contributed by atoms with Gasteiger partial charge in [-0.2, -0.15) is 0 Å². The molecule has 0 atom stereocenters. The Bertz CT molecular complexity index is 2830. The molecule has 0 radical (unpaired) electrons. The predicted octanol–water partition coefficient (Wildman–Crippen LogP) is 13.9. The van der Waals surface area contributed by atoms with Crippen LogP contribution in [0.25, 0.3) is 75.1 Å². The lowest BCUT2D eigenvalue weighted by Crippen LogP contribution is -2.09. The molecule has 0 spiro atoms. The second-order valence-electron chi connectivity index (χ2n) is 12.5. The summed E-state index contributed by atoms with van der Waals surface area (Å²) >= 11 is 1.86. The van der Waals surface area contributed by atoms with Gasteiger partial charge in [0.25, 0.3) is 0 Å². The average molecular weight is 644 g/mol. The Morgan fingerprint density at radius 2 is 1.02 bits per heavy atom. The first-order valence-electron chi connectivity index (χ1n) is 16.6. The van der Waals surface area contributed by atoms with Gasteiger partial charge < -0.3 is 9.32 Å². The summed E-state index contributed by atoms with van der Waals surface area (Å²) in [6.45, 7) is 0. The van der Waals surface area contributed by atoms with E-state index in [4.69, 9.17) is 4.42 Å². The zero-order valence-electron chi connectivity index (χ0n) is 26.5. The number of anilines is 3. The maximum absolute atomic E-state index is 6.22. The molecule has 0 aliphatic heterocycles. The number of furan rings is 1. The van der Waals surface area contributed by atoms with Crippen LogP contribution in [0.5, 0.6) is 0 Å². The van der Waals surface area contributed by atoms with Crippen LogP contribution >= 0.6 is 11.3 Å². The van der Waals surface area contributed by atoms with Gasteiger partial charge in [0.1, 0.15) is 11.2 Å². The summed E-state index contributed by atoms with van der Waals surface area (Å²) in [6.07, 6.45) is 0. The zero-order chi connectivity index (χ0) is 32.3. The number of benzene rings is 8. The van der Waals surface area contributed by atoms with Crippen molar-refractivity contribution in [2.45, 2.75) is 0 Å². The average Bonchev–Trinajstić information content (AvgIpc) is 3.74. The third-order valence-corrected chi connectivity index (χ3v) is 10.8. The topological polar surface area (TPSA) is 16.4 Å². The van der Waals surface area contributed by atoms with Gasteiger partial charge in [-0.1, -0.05) is 121 Å². The van der Waals surface area contributed by atoms with Gasteiger partial charge >= 0.3 is 0 Å². The van der Waals surface area contributed by atoms with E-state index in [1.165, 1.54) is 53.2 Å². The van der Waals surface area contributed by atoms with E-state index in [2.05, 4.69) is 169 Å². The Kier molecular flexibility index (Phi) is 6.39. The highest BCUT2D eigenvalue weighted by atomic mass is 32.1. The van der Waals surface area contributed by atoms with Crippen LogP contribution in [0.15, 0.2) is 180 Å². The number of para-hydroxylation sites is 1. The van der Waals surface area contributed by atoms with E-state index < -0.39 is 0 Å². The monoisotopic (exact) mass is 643 g/mol. The SMILES string of the molecule is c1ccc(-c2ccccc2-c2ccc(N(c3ccc4c(c3)sc3ccc5ccccc5c34)c3ccc4oc5ccccc5c4c3)cc2)cc1. The van der Waals surface area contributed by atoms with Crippen LogP contribution in [0.1, 0.15) is 0 Å². The molecular weight excluding hydrogens is 615 g/mol. The molecule has 0 fully saturated rings. The highest BCUT2D eigenvalue weighted by Crippen LogP contribution is 2.44. The van der Waals surface area contributed by atoms with Gasteiger partial charge in [-0.15, -0.1) is 11.3 Å². The van der Waals surface area contributed by atoms with Gasteiger partial charge in [-0.25, -0.2) is 0 Å². The highest BCUT2D eigenvalue weighted by molar-refractivity contribution is 7.26. The molecule has 49 heavy (non-hydrogen) atoms. The Balaban J connectivity index is 1.14. The Morgan fingerprint density at radius 3 is 1.86 bits per heavy atom. The molecule has 230 valence electrons. The summed E-state index contributed by atoms with van der Waals surface area (Å²) in [5, 5.41) is 7.45. The lowest BCUT2D eigenvalue weighted by Gasteiger charge is -2.26. The van der Waals surface area contributed by atoms with Crippen LogP contribution in [0.2, 0.25) is 0 Å².